The standard InChI is InChI=1S/C17H19N3O.ClH/c1-12-5-2-3-6-14(12)16-7-4-10-20(16)17(21)15-9-8-13(18)11-19-15;/h2-3,5-6,8-9,11,16H,4,7,10,18H2,1H3;1H. The average Bonchev–Trinajstić information content (AvgIpc) is 2.97. The number of rotatable bonds is 2. The van der Waals surface area contributed by atoms with Crippen molar-refractivity contribution in [3.8, 4) is 0 Å². The number of nitrogen functional groups attached to an aromatic ring is 1. The van der Waals surface area contributed by atoms with E-state index in [1.807, 2.05) is 17.0 Å². The maximum absolute atomic E-state index is 12.7. The van der Waals surface area contributed by atoms with Crippen molar-refractivity contribution in [3.05, 3.63) is 59.4 Å². The van der Waals surface area contributed by atoms with Crippen molar-refractivity contribution in [1.82, 2.24) is 9.88 Å². The summed E-state index contributed by atoms with van der Waals surface area (Å²) >= 11 is 0. The molecule has 1 aliphatic heterocycles. The number of hydrogen-bond donors (Lipinski definition) is 1. The highest BCUT2D eigenvalue weighted by Crippen LogP contribution is 2.34. The maximum Gasteiger partial charge on any atom is 0.272 e. The Labute approximate surface area is 136 Å². The second-order valence-electron chi connectivity index (χ2n) is 5.49. The summed E-state index contributed by atoms with van der Waals surface area (Å²) in [6, 6.07) is 11.8. The molecule has 2 N–H and O–H groups in total. The van der Waals surface area contributed by atoms with Gasteiger partial charge in [-0.05, 0) is 43.0 Å². The van der Waals surface area contributed by atoms with E-state index in [4.69, 9.17) is 5.73 Å². The molecule has 0 aliphatic carbocycles. The van der Waals surface area contributed by atoms with E-state index >= 15 is 0 Å². The first-order valence-corrected chi connectivity index (χ1v) is 7.25. The van der Waals surface area contributed by atoms with Gasteiger partial charge in [0.2, 0.25) is 0 Å². The molecule has 1 amide bonds. The Morgan fingerprint density at radius 1 is 1.27 bits per heavy atom. The minimum absolute atomic E-state index is 0. The van der Waals surface area contributed by atoms with Crippen molar-refractivity contribution in [2.45, 2.75) is 25.8 Å². The SMILES string of the molecule is Cc1ccccc1C1CCCN1C(=O)c1ccc(N)cn1.Cl. The molecule has 1 fully saturated rings. The van der Waals surface area contributed by atoms with Gasteiger partial charge in [0, 0.05) is 6.54 Å². The fourth-order valence-electron chi connectivity index (χ4n) is 2.97. The molecule has 4 nitrogen and oxygen atoms in total. The molecular weight excluding hydrogens is 298 g/mol. The number of carbonyl (C=O) groups excluding carboxylic acids is 1. The number of nitrogens with two attached hydrogens (primary N) is 1. The van der Waals surface area contributed by atoms with Gasteiger partial charge in [0.15, 0.2) is 0 Å². The van der Waals surface area contributed by atoms with E-state index in [-0.39, 0.29) is 24.4 Å². The number of aromatic nitrogens is 1. The van der Waals surface area contributed by atoms with Crippen LogP contribution in [0.5, 0.6) is 0 Å². The summed E-state index contributed by atoms with van der Waals surface area (Å²) in [4.78, 5) is 18.8. The van der Waals surface area contributed by atoms with Crippen molar-refractivity contribution < 1.29 is 4.79 Å². The van der Waals surface area contributed by atoms with Crippen LogP contribution in [0.4, 0.5) is 5.69 Å². The molecule has 3 rings (SSSR count). The van der Waals surface area contributed by atoms with Crippen molar-refractivity contribution in [1.29, 1.82) is 0 Å². The van der Waals surface area contributed by atoms with E-state index in [1.165, 1.54) is 17.3 Å². The summed E-state index contributed by atoms with van der Waals surface area (Å²) in [7, 11) is 0. The van der Waals surface area contributed by atoms with E-state index in [2.05, 4.69) is 24.0 Å². The predicted molar refractivity (Wildman–Crippen MR) is 90.1 cm³/mol. The highest BCUT2D eigenvalue weighted by molar-refractivity contribution is 5.93. The van der Waals surface area contributed by atoms with Crippen molar-refractivity contribution in [2.75, 3.05) is 12.3 Å². The largest absolute Gasteiger partial charge is 0.397 e. The number of nitrogens with zero attached hydrogens (tertiary/aromatic N) is 2. The summed E-state index contributed by atoms with van der Waals surface area (Å²) in [5.74, 6) is -0.0132. The minimum Gasteiger partial charge on any atom is -0.397 e. The van der Waals surface area contributed by atoms with Crippen LogP contribution in [0.2, 0.25) is 0 Å². The molecule has 1 aliphatic rings. The van der Waals surface area contributed by atoms with Crippen LogP contribution in [0.3, 0.4) is 0 Å². The van der Waals surface area contributed by atoms with Gasteiger partial charge >= 0.3 is 0 Å². The molecular formula is C17H20ClN3O. The molecule has 0 radical (unpaired) electrons. The number of hydrogen-bond acceptors (Lipinski definition) is 3. The molecule has 2 aromatic rings. The Hall–Kier alpha value is -2.07. The Bertz CT molecular complexity index is 657. The van der Waals surface area contributed by atoms with Crippen molar-refractivity contribution >= 4 is 24.0 Å². The van der Waals surface area contributed by atoms with Crippen molar-refractivity contribution in [3.63, 3.8) is 0 Å². The predicted octanol–water partition coefficient (Wildman–Crippen LogP) is 3.37. The molecule has 1 aromatic carbocycles. The molecule has 0 spiro atoms. The van der Waals surface area contributed by atoms with Gasteiger partial charge in [-0.15, -0.1) is 12.4 Å². The van der Waals surface area contributed by atoms with Crippen LogP contribution in [-0.2, 0) is 0 Å². The quantitative estimate of drug-likeness (QED) is 0.923. The second-order valence-corrected chi connectivity index (χ2v) is 5.49. The molecule has 1 unspecified atom stereocenters. The van der Waals surface area contributed by atoms with Crippen LogP contribution in [-0.4, -0.2) is 22.3 Å². The van der Waals surface area contributed by atoms with Gasteiger partial charge in [0.1, 0.15) is 5.69 Å². The van der Waals surface area contributed by atoms with Gasteiger partial charge in [0.25, 0.3) is 5.91 Å². The molecule has 22 heavy (non-hydrogen) atoms. The lowest BCUT2D eigenvalue weighted by Crippen LogP contribution is -2.31. The first-order valence-electron chi connectivity index (χ1n) is 7.25. The molecule has 2 heterocycles. The lowest BCUT2D eigenvalue weighted by molar-refractivity contribution is 0.0729. The third kappa shape index (κ3) is 3.07. The Kier molecular flexibility index (Phi) is 5.03. The van der Waals surface area contributed by atoms with E-state index in [1.54, 1.807) is 12.1 Å². The fourth-order valence-corrected chi connectivity index (χ4v) is 2.97. The second kappa shape index (κ2) is 6.79. The zero-order chi connectivity index (χ0) is 14.8. The normalized spacial score (nSPS) is 17.1. The van der Waals surface area contributed by atoms with Gasteiger partial charge in [-0.3, -0.25) is 4.79 Å². The maximum atomic E-state index is 12.7. The summed E-state index contributed by atoms with van der Waals surface area (Å²) in [5, 5.41) is 0. The number of benzene rings is 1. The summed E-state index contributed by atoms with van der Waals surface area (Å²) in [5.41, 5.74) is 9.13. The van der Waals surface area contributed by atoms with E-state index in [9.17, 15) is 4.79 Å². The first-order chi connectivity index (χ1) is 10.2. The summed E-state index contributed by atoms with van der Waals surface area (Å²) in [6.45, 7) is 2.88. The van der Waals surface area contributed by atoms with Gasteiger partial charge < -0.3 is 10.6 Å². The fraction of sp³-hybridized carbons (Fsp3) is 0.294. The minimum atomic E-state index is -0.0132. The Morgan fingerprint density at radius 2 is 2.05 bits per heavy atom. The molecule has 1 saturated heterocycles. The zero-order valence-corrected chi connectivity index (χ0v) is 13.3. The highest BCUT2D eigenvalue weighted by Gasteiger charge is 2.31. The van der Waals surface area contributed by atoms with Crippen LogP contribution < -0.4 is 5.73 Å². The van der Waals surface area contributed by atoms with Gasteiger partial charge in [-0.25, -0.2) is 4.98 Å². The molecule has 5 heteroatoms. The van der Waals surface area contributed by atoms with E-state index < -0.39 is 0 Å². The zero-order valence-electron chi connectivity index (χ0n) is 12.5. The first kappa shape index (κ1) is 16.3. The smallest absolute Gasteiger partial charge is 0.272 e. The number of amides is 1. The number of aryl methyl sites for hydroxylation is 1. The number of halogens is 1. The van der Waals surface area contributed by atoms with Gasteiger partial charge in [-0.1, -0.05) is 24.3 Å². The lowest BCUT2D eigenvalue weighted by Gasteiger charge is -2.26. The van der Waals surface area contributed by atoms with Crippen LogP contribution >= 0.6 is 12.4 Å². The van der Waals surface area contributed by atoms with Crippen LogP contribution in [0, 0.1) is 6.92 Å². The van der Waals surface area contributed by atoms with E-state index in [0.717, 1.165) is 19.4 Å². The number of carbonyl (C=O) groups is 1. The topological polar surface area (TPSA) is 59.2 Å². The Balaban J connectivity index is 0.00000176. The van der Waals surface area contributed by atoms with Crippen LogP contribution in [0.1, 0.15) is 40.5 Å². The molecule has 1 aromatic heterocycles. The number of anilines is 1. The van der Waals surface area contributed by atoms with Crippen LogP contribution in [0.25, 0.3) is 0 Å². The lowest BCUT2D eigenvalue weighted by atomic mass is 9.99. The molecule has 0 saturated carbocycles. The Morgan fingerprint density at radius 3 is 2.73 bits per heavy atom. The van der Waals surface area contributed by atoms with Gasteiger partial charge in [-0.2, -0.15) is 0 Å². The monoisotopic (exact) mass is 317 g/mol. The number of likely N-dealkylation sites (tertiary alicyclic amines) is 1. The molecule has 1 atom stereocenters. The third-order valence-electron chi connectivity index (χ3n) is 4.07. The highest BCUT2D eigenvalue weighted by atomic mass is 35.5. The van der Waals surface area contributed by atoms with Crippen molar-refractivity contribution in [2.24, 2.45) is 0 Å². The van der Waals surface area contributed by atoms with Gasteiger partial charge in [0.05, 0.1) is 17.9 Å². The average molecular weight is 318 g/mol. The number of pyridine rings is 1. The summed E-state index contributed by atoms with van der Waals surface area (Å²) in [6.07, 6.45) is 3.57. The molecule has 116 valence electrons. The van der Waals surface area contributed by atoms with Crippen LogP contribution in [0.15, 0.2) is 42.6 Å². The summed E-state index contributed by atoms with van der Waals surface area (Å²) < 4.78 is 0. The third-order valence-corrected chi connectivity index (χ3v) is 4.07. The molecule has 0 bridgehead atoms. The van der Waals surface area contributed by atoms with E-state index in [0.29, 0.717) is 11.4 Å².